The van der Waals surface area contributed by atoms with E-state index in [0.717, 1.165) is 13.1 Å². The van der Waals surface area contributed by atoms with Gasteiger partial charge in [-0.2, -0.15) is 0 Å². The first-order valence-electron chi connectivity index (χ1n) is 7.80. The van der Waals surface area contributed by atoms with Crippen LogP contribution < -0.4 is 5.32 Å². The Morgan fingerprint density at radius 3 is 2.85 bits per heavy atom. The molecule has 0 aromatic heterocycles. The molecule has 112 valence electrons. The van der Waals surface area contributed by atoms with Gasteiger partial charge < -0.3 is 5.32 Å². The van der Waals surface area contributed by atoms with Crippen LogP contribution >= 0.6 is 15.9 Å². The first-order valence-corrected chi connectivity index (χ1v) is 8.59. The second-order valence-corrected chi connectivity index (χ2v) is 6.87. The molecule has 0 amide bonds. The van der Waals surface area contributed by atoms with Gasteiger partial charge in [0.05, 0.1) is 0 Å². The third-order valence-corrected chi connectivity index (χ3v) is 5.08. The Kier molecular flexibility index (Phi) is 6.06. The highest BCUT2D eigenvalue weighted by molar-refractivity contribution is 9.10. The van der Waals surface area contributed by atoms with Gasteiger partial charge in [0.1, 0.15) is 0 Å². The van der Waals surface area contributed by atoms with Gasteiger partial charge in [0, 0.05) is 10.5 Å². The summed E-state index contributed by atoms with van der Waals surface area (Å²) < 4.78 is 1.26. The number of likely N-dealkylation sites (tertiary alicyclic amines) is 1. The van der Waals surface area contributed by atoms with Crippen LogP contribution in [0.5, 0.6) is 0 Å². The smallest absolute Gasteiger partial charge is 0.0396 e. The van der Waals surface area contributed by atoms with Gasteiger partial charge in [0.2, 0.25) is 0 Å². The van der Waals surface area contributed by atoms with Gasteiger partial charge in [-0.1, -0.05) is 41.4 Å². The Bertz CT molecular complexity index is 433. The number of hydrogen-bond donors (Lipinski definition) is 1. The van der Waals surface area contributed by atoms with Crippen LogP contribution in [0.1, 0.15) is 43.4 Å². The van der Waals surface area contributed by atoms with Gasteiger partial charge in [-0.05, 0) is 69.6 Å². The van der Waals surface area contributed by atoms with Crippen molar-refractivity contribution < 1.29 is 0 Å². The molecule has 1 saturated heterocycles. The first-order chi connectivity index (χ1) is 9.63. The Labute approximate surface area is 132 Å². The predicted molar refractivity (Wildman–Crippen MR) is 90.1 cm³/mol. The van der Waals surface area contributed by atoms with Crippen LogP contribution in [0.4, 0.5) is 0 Å². The number of nitrogens with zero attached hydrogens (tertiary/aromatic N) is 1. The standard InChI is InChI=1S/C17H27BrN2/c1-4-19-12-14-7-5-6-10-20(3)17(14)15-9-8-13(2)11-16(15)18/h8-9,11,14,17,19H,4-7,10,12H2,1-3H3. The highest BCUT2D eigenvalue weighted by Gasteiger charge is 2.29. The molecule has 0 bridgehead atoms. The summed E-state index contributed by atoms with van der Waals surface area (Å²) >= 11 is 3.78. The minimum absolute atomic E-state index is 0.520. The highest BCUT2D eigenvalue weighted by Crippen LogP contribution is 2.37. The lowest BCUT2D eigenvalue weighted by Crippen LogP contribution is -2.35. The summed E-state index contributed by atoms with van der Waals surface area (Å²) in [6, 6.07) is 7.32. The average molecular weight is 339 g/mol. The SMILES string of the molecule is CCNCC1CCCCN(C)C1c1ccc(C)cc1Br. The van der Waals surface area contributed by atoms with Crippen LogP contribution in [0.25, 0.3) is 0 Å². The minimum atomic E-state index is 0.520. The van der Waals surface area contributed by atoms with E-state index < -0.39 is 0 Å². The number of rotatable bonds is 4. The molecule has 2 rings (SSSR count). The first kappa shape index (κ1) is 16.0. The van der Waals surface area contributed by atoms with Gasteiger partial charge in [0.25, 0.3) is 0 Å². The van der Waals surface area contributed by atoms with E-state index in [4.69, 9.17) is 0 Å². The maximum Gasteiger partial charge on any atom is 0.0396 e. The van der Waals surface area contributed by atoms with Crippen LogP contribution in [0.3, 0.4) is 0 Å². The third kappa shape index (κ3) is 3.84. The molecule has 1 aliphatic heterocycles. The van der Waals surface area contributed by atoms with Crippen LogP contribution in [0, 0.1) is 12.8 Å². The predicted octanol–water partition coefficient (Wildman–Crippen LogP) is 4.14. The molecular formula is C17H27BrN2. The molecule has 1 aliphatic rings. The van der Waals surface area contributed by atoms with Gasteiger partial charge in [0.15, 0.2) is 0 Å². The lowest BCUT2D eigenvalue weighted by molar-refractivity contribution is 0.189. The van der Waals surface area contributed by atoms with E-state index in [0.29, 0.717) is 12.0 Å². The topological polar surface area (TPSA) is 15.3 Å². The van der Waals surface area contributed by atoms with Gasteiger partial charge in [-0.25, -0.2) is 0 Å². The van der Waals surface area contributed by atoms with Crippen molar-refractivity contribution in [1.29, 1.82) is 0 Å². The van der Waals surface area contributed by atoms with Crippen LogP contribution in [-0.4, -0.2) is 31.6 Å². The molecule has 0 aliphatic carbocycles. The monoisotopic (exact) mass is 338 g/mol. The summed E-state index contributed by atoms with van der Waals surface area (Å²) in [6.07, 6.45) is 3.99. The molecule has 20 heavy (non-hydrogen) atoms. The molecule has 1 fully saturated rings. The molecule has 1 heterocycles. The zero-order valence-electron chi connectivity index (χ0n) is 13.0. The number of halogens is 1. The quantitative estimate of drug-likeness (QED) is 0.887. The summed E-state index contributed by atoms with van der Waals surface area (Å²) in [4.78, 5) is 2.55. The van der Waals surface area contributed by atoms with Gasteiger partial charge in [-0.15, -0.1) is 0 Å². The average Bonchev–Trinajstić information content (AvgIpc) is 2.59. The van der Waals surface area contributed by atoms with Crippen molar-refractivity contribution in [2.24, 2.45) is 5.92 Å². The molecule has 1 aromatic carbocycles. The number of benzene rings is 1. The van der Waals surface area contributed by atoms with Crippen molar-refractivity contribution in [1.82, 2.24) is 10.2 Å². The normalized spacial score (nSPS) is 24.6. The maximum atomic E-state index is 3.78. The summed E-state index contributed by atoms with van der Waals surface area (Å²) in [5.41, 5.74) is 2.77. The van der Waals surface area contributed by atoms with Crippen molar-refractivity contribution in [3.63, 3.8) is 0 Å². The van der Waals surface area contributed by atoms with Crippen LogP contribution in [0.15, 0.2) is 22.7 Å². The second kappa shape index (κ2) is 7.58. The zero-order valence-corrected chi connectivity index (χ0v) is 14.5. The molecule has 3 heteroatoms. The van der Waals surface area contributed by atoms with E-state index in [1.807, 2.05) is 0 Å². The van der Waals surface area contributed by atoms with Crippen molar-refractivity contribution in [2.45, 2.75) is 39.2 Å². The van der Waals surface area contributed by atoms with Crippen molar-refractivity contribution in [3.8, 4) is 0 Å². The molecule has 0 spiro atoms. The molecular weight excluding hydrogens is 312 g/mol. The lowest BCUT2D eigenvalue weighted by Gasteiger charge is -2.33. The summed E-state index contributed by atoms with van der Waals surface area (Å²) in [5.74, 6) is 0.696. The van der Waals surface area contributed by atoms with Crippen molar-refractivity contribution in [2.75, 3.05) is 26.7 Å². The summed E-state index contributed by atoms with van der Waals surface area (Å²) in [5, 5.41) is 3.55. The van der Waals surface area contributed by atoms with Gasteiger partial charge >= 0.3 is 0 Å². The summed E-state index contributed by atoms with van der Waals surface area (Å²) in [7, 11) is 2.28. The molecule has 2 atom stereocenters. The highest BCUT2D eigenvalue weighted by atomic mass is 79.9. The summed E-state index contributed by atoms with van der Waals surface area (Å²) in [6.45, 7) is 7.72. The Morgan fingerprint density at radius 2 is 2.15 bits per heavy atom. The van der Waals surface area contributed by atoms with Crippen molar-refractivity contribution >= 4 is 15.9 Å². The lowest BCUT2D eigenvalue weighted by atomic mass is 9.89. The van der Waals surface area contributed by atoms with E-state index in [1.54, 1.807) is 0 Å². The van der Waals surface area contributed by atoms with Crippen LogP contribution in [-0.2, 0) is 0 Å². The number of hydrogen-bond acceptors (Lipinski definition) is 2. The molecule has 0 saturated carbocycles. The molecule has 2 nitrogen and oxygen atoms in total. The number of aryl methyl sites for hydroxylation is 1. The fraction of sp³-hybridized carbons (Fsp3) is 0.647. The molecule has 1 aromatic rings. The van der Waals surface area contributed by atoms with E-state index in [2.05, 4.69) is 65.2 Å². The largest absolute Gasteiger partial charge is 0.317 e. The molecule has 0 radical (unpaired) electrons. The Balaban J connectivity index is 2.29. The fourth-order valence-corrected chi connectivity index (χ4v) is 4.06. The van der Waals surface area contributed by atoms with E-state index in [-0.39, 0.29) is 0 Å². The molecule has 1 N–H and O–H groups in total. The van der Waals surface area contributed by atoms with E-state index in [1.165, 1.54) is 41.4 Å². The Morgan fingerprint density at radius 1 is 1.35 bits per heavy atom. The fourth-order valence-electron chi connectivity index (χ4n) is 3.33. The molecule has 2 unspecified atom stereocenters. The van der Waals surface area contributed by atoms with Gasteiger partial charge in [-0.3, -0.25) is 4.90 Å². The maximum absolute atomic E-state index is 3.78. The Hall–Kier alpha value is -0.380. The van der Waals surface area contributed by atoms with E-state index in [9.17, 15) is 0 Å². The minimum Gasteiger partial charge on any atom is -0.317 e. The van der Waals surface area contributed by atoms with Crippen molar-refractivity contribution in [3.05, 3.63) is 33.8 Å². The number of nitrogens with one attached hydrogen (secondary N) is 1. The second-order valence-electron chi connectivity index (χ2n) is 6.01. The third-order valence-electron chi connectivity index (χ3n) is 4.39. The van der Waals surface area contributed by atoms with E-state index >= 15 is 0 Å². The van der Waals surface area contributed by atoms with Crippen LogP contribution in [0.2, 0.25) is 0 Å². The zero-order chi connectivity index (χ0) is 14.5.